The lowest BCUT2D eigenvalue weighted by Gasteiger charge is -2.19. The van der Waals surface area contributed by atoms with E-state index in [2.05, 4.69) is 83.1 Å². The van der Waals surface area contributed by atoms with E-state index in [1.54, 1.807) is 0 Å². The second-order valence-electron chi connectivity index (χ2n) is 5.45. The summed E-state index contributed by atoms with van der Waals surface area (Å²) in [5.41, 5.74) is 4.93. The molecule has 2 nitrogen and oxygen atoms in total. The summed E-state index contributed by atoms with van der Waals surface area (Å²) in [6.45, 7) is 0. The Labute approximate surface area is 130 Å². The third-order valence-electron chi connectivity index (χ3n) is 3.99. The summed E-state index contributed by atoms with van der Waals surface area (Å²) < 4.78 is 0. The van der Waals surface area contributed by atoms with Gasteiger partial charge in [-0.05, 0) is 23.3 Å². The fraction of sp³-hybridized carbons (Fsp3) is 0.0500. The van der Waals surface area contributed by atoms with Crippen molar-refractivity contribution < 1.29 is 4.99 Å². The van der Waals surface area contributed by atoms with E-state index in [4.69, 9.17) is 0 Å². The SMILES string of the molecule is c1ccc(-c2ccc(C3=[NH+]C(c4ccccc4)N3)cc2)cc1. The van der Waals surface area contributed by atoms with E-state index in [1.165, 1.54) is 22.3 Å². The summed E-state index contributed by atoms with van der Waals surface area (Å²) in [6.07, 6.45) is 0.213. The molecule has 0 spiro atoms. The summed E-state index contributed by atoms with van der Waals surface area (Å²) >= 11 is 0. The normalized spacial score (nSPS) is 16.4. The Bertz CT molecular complexity index is 790. The van der Waals surface area contributed by atoms with E-state index in [-0.39, 0.29) is 6.17 Å². The van der Waals surface area contributed by atoms with Crippen molar-refractivity contribution in [2.24, 2.45) is 0 Å². The van der Waals surface area contributed by atoms with Gasteiger partial charge in [-0.3, -0.25) is 0 Å². The first-order valence-corrected chi connectivity index (χ1v) is 7.51. The third kappa shape index (κ3) is 2.40. The Morgan fingerprint density at radius 3 is 1.73 bits per heavy atom. The highest BCUT2D eigenvalue weighted by Crippen LogP contribution is 2.19. The van der Waals surface area contributed by atoms with Gasteiger partial charge in [-0.15, -0.1) is 0 Å². The molecule has 1 unspecified atom stereocenters. The van der Waals surface area contributed by atoms with Gasteiger partial charge in [0.1, 0.15) is 0 Å². The van der Waals surface area contributed by atoms with E-state index in [0.29, 0.717) is 0 Å². The van der Waals surface area contributed by atoms with Crippen LogP contribution in [0.2, 0.25) is 0 Å². The first-order chi connectivity index (χ1) is 10.9. The Morgan fingerprint density at radius 1 is 0.591 bits per heavy atom. The van der Waals surface area contributed by atoms with Gasteiger partial charge in [0.15, 0.2) is 0 Å². The lowest BCUT2D eigenvalue weighted by molar-refractivity contribution is -0.550. The van der Waals surface area contributed by atoms with Crippen LogP contribution in [-0.4, -0.2) is 5.84 Å². The molecule has 1 aliphatic heterocycles. The van der Waals surface area contributed by atoms with Crippen LogP contribution in [-0.2, 0) is 0 Å². The Kier molecular flexibility index (Phi) is 3.20. The van der Waals surface area contributed by atoms with Crippen molar-refractivity contribution >= 4 is 5.84 Å². The molecule has 3 aromatic carbocycles. The second-order valence-corrected chi connectivity index (χ2v) is 5.45. The monoisotopic (exact) mass is 285 g/mol. The second kappa shape index (κ2) is 5.49. The highest BCUT2D eigenvalue weighted by molar-refractivity contribution is 5.96. The van der Waals surface area contributed by atoms with E-state index >= 15 is 0 Å². The molecular formula is C20H17N2+. The maximum absolute atomic E-state index is 3.48. The quantitative estimate of drug-likeness (QED) is 0.760. The van der Waals surface area contributed by atoms with Gasteiger partial charge in [-0.2, -0.15) is 0 Å². The van der Waals surface area contributed by atoms with Crippen LogP contribution in [0.4, 0.5) is 0 Å². The smallest absolute Gasteiger partial charge is 0.230 e. The van der Waals surface area contributed by atoms with Crippen molar-refractivity contribution in [3.63, 3.8) is 0 Å². The maximum Gasteiger partial charge on any atom is 0.282 e. The molecule has 2 N–H and O–H groups in total. The van der Waals surface area contributed by atoms with Crippen molar-refractivity contribution in [1.29, 1.82) is 0 Å². The first kappa shape index (κ1) is 12.8. The van der Waals surface area contributed by atoms with Crippen LogP contribution in [0, 0.1) is 0 Å². The summed E-state index contributed by atoms with van der Waals surface area (Å²) in [7, 11) is 0. The molecule has 0 radical (unpaired) electrons. The predicted octanol–water partition coefficient (Wildman–Crippen LogP) is 2.48. The molecule has 0 aliphatic carbocycles. The van der Waals surface area contributed by atoms with E-state index < -0.39 is 0 Å². The molecule has 1 atom stereocenters. The zero-order chi connectivity index (χ0) is 14.8. The standard InChI is InChI=1S/C20H16N2/c1-3-7-15(8-4-1)16-11-13-18(14-12-16)20-21-19(22-20)17-9-5-2-6-10-17/h1-14,19H,(H,21,22)/p+1. The molecular weight excluding hydrogens is 268 g/mol. The lowest BCUT2D eigenvalue weighted by Crippen LogP contribution is -2.90. The van der Waals surface area contributed by atoms with Crippen LogP contribution >= 0.6 is 0 Å². The first-order valence-electron chi connectivity index (χ1n) is 7.51. The van der Waals surface area contributed by atoms with E-state index in [1.807, 2.05) is 12.1 Å². The molecule has 0 aromatic heterocycles. The van der Waals surface area contributed by atoms with Gasteiger partial charge in [-0.1, -0.05) is 72.8 Å². The minimum absolute atomic E-state index is 0.213. The summed E-state index contributed by atoms with van der Waals surface area (Å²) in [5, 5.41) is 3.48. The minimum atomic E-state index is 0.213. The molecule has 0 bridgehead atoms. The van der Waals surface area contributed by atoms with Crippen LogP contribution in [0.5, 0.6) is 0 Å². The Morgan fingerprint density at radius 2 is 1.09 bits per heavy atom. The van der Waals surface area contributed by atoms with Gasteiger partial charge in [0.25, 0.3) is 12.0 Å². The van der Waals surface area contributed by atoms with E-state index in [9.17, 15) is 0 Å². The minimum Gasteiger partial charge on any atom is -0.230 e. The third-order valence-corrected chi connectivity index (χ3v) is 3.99. The number of benzene rings is 3. The molecule has 3 aromatic rings. The van der Waals surface area contributed by atoms with Gasteiger partial charge in [0, 0.05) is 5.56 Å². The molecule has 2 heteroatoms. The van der Waals surface area contributed by atoms with Crippen LogP contribution in [0.1, 0.15) is 17.3 Å². The van der Waals surface area contributed by atoms with Crippen molar-refractivity contribution in [2.75, 3.05) is 0 Å². The molecule has 0 fully saturated rings. The van der Waals surface area contributed by atoms with Crippen molar-refractivity contribution in [2.45, 2.75) is 6.17 Å². The largest absolute Gasteiger partial charge is 0.282 e. The lowest BCUT2D eigenvalue weighted by atomic mass is 10.0. The average molecular weight is 285 g/mol. The van der Waals surface area contributed by atoms with Gasteiger partial charge in [0.2, 0.25) is 0 Å². The molecule has 0 amide bonds. The predicted molar refractivity (Wildman–Crippen MR) is 89.3 cm³/mol. The van der Waals surface area contributed by atoms with Gasteiger partial charge >= 0.3 is 0 Å². The van der Waals surface area contributed by atoms with Crippen molar-refractivity contribution in [3.05, 3.63) is 96.1 Å². The van der Waals surface area contributed by atoms with Crippen LogP contribution in [0.3, 0.4) is 0 Å². The zero-order valence-electron chi connectivity index (χ0n) is 12.2. The summed E-state index contributed by atoms with van der Waals surface area (Å²) in [4.78, 5) is 3.48. The number of hydrogen-bond acceptors (Lipinski definition) is 1. The van der Waals surface area contributed by atoms with Crippen LogP contribution in [0.25, 0.3) is 11.1 Å². The van der Waals surface area contributed by atoms with Gasteiger partial charge in [0.05, 0.1) is 5.56 Å². The van der Waals surface area contributed by atoms with Gasteiger partial charge in [-0.25, -0.2) is 10.3 Å². The molecule has 1 aliphatic rings. The summed E-state index contributed by atoms with van der Waals surface area (Å²) in [5.74, 6) is 1.09. The number of amidine groups is 1. The van der Waals surface area contributed by atoms with Crippen molar-refractivity contribution in [1.82, 2.24) is 5.32 Å². The van der Waals surface area contributed by atoms with Crippen molar-refractivity contribution in [3.8, 4) is 11.1 Å². The Hall–Kier alpha value is -2.87. The number of rotatable bonds is 3. The average Bonchev–Trinajstić information content (AvgIpc) is 2.56. The number of nitrogens with one attached hydrogen (secondary N) is 2. The molecule has 4 rings (SSSR count). The molecule has 0 saturated heterocycles. The maximum atomic E-state index is 3.48. The fourth-order valence-corrected chi connectivity index (χ4v) is 2.73. The van der Waals surface area contributed by atoms with Crippen LogP contribution < -0.4 is 10.3 Å². The Balaban J connectivity index is 1.53. The highest BCUT2D eigenvalue weighted by atomic mass is 15.2. The van der Waals surface area contributed by atoms with Gasteiger partial charge < -0.3 is 0 Å². The van der Waals surface area contributed by atoms with Crippen LogP contribution in [0.15, 0.2) is 84.9 Å². The molecule has 22 heavy (non-hydrogen) atoms. The highest BCUT2D eigenvalue weighted by Gasteiger charge is 2.30. The molecule has 1 heterocycles. The summed E-state index contributed by atoms with van der Waals surface area (Å²) in [6, 6.07) is 29.5. The fourth-order valence-electron chi connectivity index (χ4n) is 2.73. The van der Waals surface area contributed by atoms with E-state index in [0.717, 1.165) is 5.84 Å². The molecule has 0 saturated carbocycles. The topological polar surface area (TPSA) is 26.0 Å². The number of hydrogen-bond donors (Lipinski definition) is 2. The molecule has 106 valence electrons. The zero-order valence-corrected chi connectivity index (χ0v) is 12.2.